The van der Waals surface area contributed by atoms with Gasteiger partial charge in [-0.1, -0.05) is 12.8 Å². The standard InChI is InChI=1S/C14H24N6/c1-15-12-16-13(19(2)11-7-3-4-8-11)18-14(17-12)20-9-5-6-10-20/h11H,3-10H2,1-2H3,(H,15,16,17,18). The molecular formula is C14H24N6. The minimum absolute atomic E-state index is 0.577. The molecule has 0 unspecified atom stereocenters. The van der Waals surface area contributed by atoms with E-state index in [2.05, 4.69) is 32.1 Å². The Kier molecular flexibility index (Phi) is 3.89. The van der Waals surface area contributed by atoms with E-state index in [0.29, 0.717) is 12.0 Å². The monoisotopic (exact) mass is 276 g/mol. The zero-order valence-electron chi connectivity index (χ0n) is 12.5. The molecule has 2 fully saturated rings. The lowest BCUT2D eigenvalue weighted by Crippen LogP contribution is -2.32. The van der Waals surface area contributed by atoms with Gasteiger partial charge in [-0.05, 0) is 25.7 Å². The van der Waals surface area contributed by atoms with Gasteiger partial charge < -0.3 is 15.1 Å². The van der Waals surface area contributed by atoms with E-state index < -0.39 is 0 Å². The Bertz CT molecular complexity index is 451. The molecule has 0 atom stereocenters. The van der Waals surface area contributed by atoms with Gasteiger partial charge in [-0.15, -0.1) is 0 Å². The highest BCUT2D eigenvalue weighted by molar-refractivity contribution is 5.45. The van der Waals surface area contributed by atoms with E-state index in [9.17, 15) is 0 Å². The second-order valence-electron chi connectivity index (χ2n) is 5.75. The SMILES string of the molecule is CNc1nc(N2CCCC2)nc(N(C)C2CCCC2)n1. The van der Waals surface area contributed by atoms with Gasteiger partial charge in [0.2, 0.25) is 17.8 Å². The van der Waals surface area contributed by atoms with Crippen molar-refractivity contribution < 1.29 is 0 Å². The zero-order chi connectivity index (χ0) is 13.9. The average Bonchev–Trinajstić information content (AvgIpc) is 3.18. The van der Waals surface area contributed by atoms with Crippen molar-refractivity contribution in [3.63, 3.8) is 0 Å². The Morgan fingerprint density at radius 1 is 1.05 bits per heavy atom. The normalized spacial score (nSPS) is 19.6. The van der Waals surface area contributed by atoms with E-state index in [4.69, 9.17) is 4.98 Å². The quantitative estimate of drug-likeness (QED) is 0.906. The van der Waals surface area contributed by atoms with Gasteiger partial charge in [0.05, 0.1) is 0 Å². The Balaban J connectivity index is 1.86. The van der Waals surface area contributed by atoms with Crippen molar-refractivity contribution in [3.8, 4) is 0 Å². The minimum atomic E-state index is 0.577. The zero-order valence-corrected chi connectivity index (χ0v) is 12.5. The van der Waals surface area contributed by atoms with Crippen LogP contribution in [0.5, 0.6) is 0 Å². The van der Waals surface area contributed by atoms with Crippen molar-refractivity contribution in [1.82, 2.24) is 15.0 Å². The molecule has 1 aromatic heterocycles. The molecule has 0 radical (unpaired) electrons. The Morgan fingerprint density at radius 2 is 1.75 bits per heavy atom. The number of nitrogens with zero attached hydrogens (tertiary/aromatic N) is 5. The van der Waals surface area contributed by atoms with Crippen molar-refractivity contribution in [1.29, 1.82) is 0 Å². The predicted octanol–water partition coefficient (Wildman–Crippen LogP) is 1.89. The Morgan fingerprint density at radius 3 is 2.40 bits per heavy atom. The topological polar surface area (TPSA) is 57.2 Å². The van der Waals surface area contributed by atoms with Gasteiger partial charge in [0.25, 0.3) is 0 Å². The van der Waals surface area contributed by atoms with Gasteiger partial charge >= 0.3 is 0 Å². The van der Waals surface area contributed by atoms with Gasteiger partial charge in [-0.2, -0.15) is 15.0 Å². The average molecular weight is 276 g/mol. The molecule has 2 heterocycles. The van der Waals surface area contributed by atoms with E-state index in [1.807, 2.05) is 7.05 Å². The molecule has 1 N–H and O–H groups in total. The first-order valence-corrected chi connectivity index (χ1v) is 7.69. The van der Waals surface area contributed by atoms with Crippen molar-refractivity contribution in [2.75, 3.05) is 42.3 Å². The molecule has 1 aliphatic heterocycles. The van der Waals surface area contributed by atoms with Crippen LogP contribution in [-0.4, -0.2) is 48.2 Å². The maximum Gasteiger partial charge on any atom is 0.231 e. The molecule has 110 valence electrons. The summed E-state index contributed by atoms with van der Waals surface area (Å²) in [6.07, 6.45) is 7.59. The van der Waals surface area contributed by atoms with Crippen molar-refractivity contribution >= 4 is 17.8 Å². The van der Waals surface area contributed by atoms with Crippen LogP contribution in [0.1, 0.15) is 38.5 Å². The summed E-state index contributed by atoms with van der Waals surface area (Å²) in [6.45, 7) is 2.11. The van der Waals surface area contributed by atoms with Crippen LogP contribution in [0.4, 0.5) is 17.8 Å². The predicted molar refractivity (Wildman–Crippen MR) is 81.5 cm³/mol. The molecule has 3 rings (SSSR count). The largest absolute Gasteiger partial charge is 0.357 e. The molecule has 6 heteroatoms. The van der Waals surface area contributed by atoms with Gasteiger partial charge in [0.1, 0.15) is 0 Å². The molecule has 1 saturated carbocycles. The summed E-state index contributed by atoms with van der Waals surface area (Å²) in [7, 11) is 3.97. The molecule has 0 amide bonds. The molecule has 0 spiro atoms. The minimum Gasteiger partial charge on any atom is -0.357 e. The Hall–Kier alpha value is -1.59. The van der Waals surface area contributed by atoms with E-state index >= 15 is 0 Å². The van der Waals surface area contributed by atoms with E-state index in [1.54, 1.807) is 0 Å². The van der Waals surface area contributed by atoms with Crippen molar-refractivity contribution in [3.05, 3.63) is 0 Å². The second-order valence-corrected chi connectivity index (χ2v) is 5.75. The summed E-state index contributed by atoms with van der Waals surface area (Å²) in [5.74, 6) is 2.29. The first-order chi connectivity index (χ1) is 9.78. The smallest absolute Gasteiger partial charge is 0.231 e. The van der Waals surface area contributed by atoms with E-state index in [0.717, 1.165) is 25.0 Å². The maximum absolute atomic E-state index is 4.70. The fraction of sp³-hybridized carbons (Fsp3) is 0.786. The third-order valence-electron chi connectivity index (χ3n) is 4.41. The van der Waals surface area contributed by atoms with Gasteiger partial charge in [0, 0.05) is 33.2 Å². The van der Waals surface area contributed by atoms with Gasteiger partial charge in [0.15, 0.2) is 0 Å². The lowest BCUT2D eigenvalue weighted by atomic mass is 10.2. The molecule has 0 aromatic carbocycles. The summed E-state index contributed by atoms with van der Waals surface area (Å²) in [6, 6.07) is 0.577. The second kappa shape index (κ2) is 5.81. The maximum atomic E-state index is 4.70. The first-order valence-electron chi connectivity index (χ1n) is 7.69. The van der Waals surface area contributed by atoms with Crippen molar-refractivity contribution in [2.45, 2.75) is 44.6 Å². The highest BCUT2D eigenvalue weighted by Gasteiger charge is 2.24. The first kappa shape index (κ1) is 13.4. The number of hydrogen-bond donors (Lipinski definition) is 1. The third-order valence-corrected chi connectivity index (χ3v) is 4.41. The summed E-state index contributed by atoms with van der Waals surface area (Å²) in [5.41, 5.74) is 0. The molecule has 1 saturated heterocycles. The number of nitrogens with one attached hydrogen (secondary N) is 1. The van der Waals surface area contributed by atoms with Crippen LogP contribution in [0, 0.1) is 0 Å². The summed E-state index contributed by atoms with van der Waals surface area (Å²) >= 11 is 0. The third kappa shape index (κ3) is 2.64. The number of rotatable bonds is 4. The molecule has 2 aliphatic rings. The number of anilines is 3. The Labute approximate surface area is 120 Å². The van der Waals surface area contributed by atoms with E-state index in [1.165, 1.54) is 38.5 Å². The van der Waals surface area contributed by atoms with Gasteiger partial charge in [-0.25, -0.2) is 0 Å². The molecule has 1 aliphatic carbocycles. The van der Waals surface area contributed by atoms with Crippen LogP contribution < -0.4 is 15.1 Å². The molecule has 6 nitrogen and oxygen atoms in total. The molecule has 20 heavy (non-hydrogen) atoms. The van der Waals surface area contributed by atoms with Crippen LogP contribution in [0.2, 0.25) is 0 Å². The van der Waals surface area contributed by atoms with Crippen LogP contribution in [0.3, 0.4) is 0 Å². The van der Waals surface area contributed by atoms with Crippen LogP contribution in [-0.2, 0) is 0 Å². The van der Waals surface area contributed by atoms with Gasteiger partial charge in [-0.3, -0.25) is 0 Å². The molecule has 0 bridgehead atoms. The fourth-order valence-corrected chi connectivity index (χ4v) is 3.14. The highest BCUT2D eigenvalue weighted by atomic mass is 15.4. The van der Waals surface area contributed by atoms with Crippen LogP contribution in [0.25, 0.3) is 0 Å². The van der Waals surface area contributed by atoms with Crippen LogP contribution >= 0.6 is 0 Å². The summed E-state index contributed by atoms with van der Waals surface area (Å²) < 4.78 is 0. The lowest BCUT2D eigenvalue weighted by molar-refractivity contribution is 0.636. The number of aromatic nitrogens is 3. The van der Waals surface area contributed by atoms with Crippen LogP contribution in [0.15, 0.2) is 0 Å². The summed E-state index contributed by atoms with van der Waals surface area (Å²) in [4.78, 5) is 18.2. The van der Waals surface area contributed by atoms with Crippen molar-refractivity contribution in [2.24, 2.45) is 0 Å². The lowest BCUT2D eigenvalue weighted by Gasteiger charge is -2.25. The van der Waals surface area contributed by atoms with E-state index in [-0.39, 0.29) is 0 Å². The molecule has 1 aromatic rings. The number of hydrogen-bond acceptors (Lipinski definition) is 6. The highest BCUT2D eigenvalue weighted by Crippen LogP contribution is 2.27. The fourth-order valence-electron chi connectivity index (χ4n) is 3.14. The summed E-state index contributed by atoms with van der Waals surface area (Å²) in [5, 5.41) is 3.06. The molecular weight excluding hydrogens is 252 g/mol.